The van der Waals surface area contributed by atoms with Gasteiger partial charge in [-0.2, -0.15) is 0 Å². The fraction of sp³-hybridized carbons (Fsp3) is 0.545. The fourth-order valence-corrected chi connectivity index (χ4v) is 1.32. The Hall–Kier alpha value is -1.45. The summed E-state index contributed by atoms with van der Waals surface area (Å²) < 4.78 is 2.09. The van der Waals surface area contributed by atoms with Gasteiger partial charge in [0.15, 0.2) is 5.96 Å². The van der Waals surface area contributed by atoms with Crippen molar-refractivity contribution < 1.29 is 0 Å². The summed E-state index contributed by atoms with van der Waals surface area (Å²) in [5.41, 5.74) is 1.24. The Bertz CT molecular complexity index is 325. The molecule has 0 aliphatic carbocycles. The number of nitrogens with zero attached hydrogens (tertiary/aromatic N) is 2. The molecule has 1 aromatic rings. The molecule has 2 N–H and O–H groups in total. The molecule has 0 spiro atoms. The molecule has 84 valence electrons. The van der Waals surface area contributed by atoms with Gasteiger partial charge in [-0.25, -0.2) is 0 Å². The molecule has 0 radical (unpaired) electrons. The summed E-state index contributed by atoms with van der Waals surface area (Å²) in [7, 11) is 3.82. The number of aryl methyl sites for hydroxylation is 1. The van der Waals surface area contributed by atoms with E-state index in [0.717, 1.165) is 12.5 Å². The zero-order chi connectivity index (χ0) is 11.3. The Morgan fingerprint density at radius 3 is 2.73 bits per heavy atom. The lowest BCUT2D eigenvalue weighted by Gasteiger charge is -2.14. The lowest BCUT2D eigenvalue weighted by Crippen LogP contribution is -2.40. The van der Waals surface area contributed by atoms with Crippen LogP contribution in [-0.4, -0.2) is 23.6 Å². The molecule has 0 fully saturated rings. The second-order valence-corrected chi connectivity index (χ2v) is 3.84. The van der Waals surface area contributed by atoms with Gasteiger partial charge in [-0.15, -0.1) is 0 Å². The van der Waals surface area contributed by atoms with Crippen molar-refractivity contribution in [2.45, 2.75) is 26.4 Å². The highest BCUT2D eigenvalue weighted by Gasteiger charge is 2.01. The molecule has 1 aromatic heterocycles. The Morgan fingerprint density at radius 2 is 2.27 bits per heavy atom. The summed E-state index contributed by atoms with van der Waals surface area (Å²) >= 11 is 0. The van der Waals surface area contributed by atoms with E-state index in [1.165, 1.54) is 5.69 Å². The Balaban J connectivity index is 2.45. The normalized spacial score (nSPS) is 11.9. The van der Waals surface area contributed by atoms with Gasteiger partial charge in [0.05, 0.1) is 6.54 Å². The highest BCUT2D eigenvalue weighted by molar-refractivity contribution is 5.79. The number of rotatable bonds is 3. The summed E-state index contributed by atoms with van der Waals surface area (Å²) in [4.78, 5) is 4.14. The van der Waals surface area contributed by atoms with Crippen molar-refractivity contribution in [2.75, 3.05) is 7.05 Å². The van der Waals surface area contributed by atoms with E-state index in [4.69, 9.17) is 0 Å². The summed E-state index contributed by atoms with van der Waals surface area (Å²) in [6.07, 6.45) is 2.04. The van der Waals surface area contributed by atoms with Gasteiger partial charge in [0.1, 0.15) is 0 Å². The van der Waals surface area contributed by atoms with Gasteiger partial charge in [-0.3, -0.25) is 4.99 Å². The first kappa shape index (κ1) is 11.6. The number of hydrogen-bond donors (Lipinski definition) is 2. The molecule has 15 heavy (non-hydrogen) atoms. The molecule has 1 rings (SSSR count). The minimum atomic E-state index is 0.393. The summed E-state index contributed by atoms with van der Waals surface area (Å²) in [5.74, 6) is 0.839. The SMILES string of the molecule is CN=C(NCc1cccn1C)NC(C)C. The highest BCUT2D eigenvalue weighted by Crippen LogP contribution is 1.98. The van der Waals surface area contributed by atoms with Crippen molar-refractivity contribution in [3.63, 3.8) is 0 Å². The molecule has 0 bridgehead atoms. The third kappa shape index (κ3) is 3.65. The second kappa shape index (κ2) is 5.44. The molecule has 0 aliphatic rings. The molecule has 0 unspecified atom stereocenters. The first-order chi connectivity index (χ1) is 7.13. The van der Waals surface area contributed by atoms with E-state index in [-0.39, 0.29) is 0 Å². The topological polar surface area (TPSA) is 41.4 Å². The van der Waals surface area contributed by atoms with E-state index < -0.39 is 0 Å². The molecule has 4 heteroatoms. The number of hydrogen-bond acceptors (Lipinski definition) is 1. The second-order valence-electron chi connectivity index (χ2n) is 3.84. The Morgan fingerprint density at radius 1 is 1.53 bits per heavy atom. The van der Waals surface area contributed by atoms with Crippen molar-refractivity contribution in [3.8, 4) is 0 Å². The molecule has 0 aromatic carbocycles. The van der Waals surface area contributed by atoms with Crippen LogP contribution < -0.4 is 10.6 Å². The largest absolute Gasteiger partial charge is 0.354 e. The molecule has 4 nitrogen and oxygen atoms in total. The van der Waals surface area contributed by atoms with Gasteiger partial charge in [0, 0.05) is 32.0 Å². The van der Waals surface area contributed by atoms with E-state index in [2.05, 4.69) is 40.1 Å². The van der Waals surface area contributed by atoms with Crippen LogP contribution in [0.25, 0.3) is 0 Å². The molecule has 0 saturated heterocycles. The zero-order valence-electron chi connectivity index (χ0n) is 9.91. The van der Waals surface area contributed by atoms with E-state index in [0.29, 0.717) is 6.04 Å². The quantitative estimate of drug-likeness (QED) is 0.577. The van der Waals surface area contributed by atoms with Crippen LogP contribution in [0.4, 0.5) is 0 Å². The first-order valence-electron chi connectivity index (χ1n) is 5.21. The predicted molar refractivity (Wildman–Crippen MR) is 63.9 cm³/mol. The van der Waals surface area contributed by atoms with Crippen LogP contribution >= 0.6 is 0 Å². The van der Waals surface area contributed by atoms with Crippen LogP contribution in [0.5, 0.6) is 0 Å². The van der Waals surface area contributed by atoms with E-state index in [1.54, 1.807) is 7.05 Å². The van der Waals surface area contributed by atoms with Crippen molar-refractivity contribution in [1.29, 1.82) is 0 Å². The Kier molecular flexibility index (Phi) is 4.21. The molecular formula is C11H20N4. The Labute approximate surface area is 91.4 Å². The van der Waals surface area contributed by atoms with Crippen molar-refractivity contribution in [3.05, 3.63) is 24.0 Å². The number of guanidine groups is 1. The molecule has 0 aliphatic heterocycles. The zero-order valence-corrected chi connectivity index (χ0v) is 9.91. The monoisotopic (exact) mass is 208 g/mol. The van der Waals surface area contributed by atoms with Gasteiger partial charge in [0.2, 0.25) is 0 Å². The van der Waals surface area contributed by atoms with E-state index >= 15 is 0 Å². The van der Waals surface area contributed by atoms with Crippen LogP contribution in [-0.2, 0) is 13.6 Å². The molecule has 0 atom stereocenters. The standard InChI is InChI=1S/C11H20N4/c1-9(2)14-11(12-3)13-8-10-6-5-7-15(10)4/h5-7,9H,8H2,1-4H3,(H2,12,13,14). The maximum Gasteiger partial charge on any atom is 0.191 e. The molecule has 1 heterocycles. The summed E-state index contributed by atoms with van der Waals surface area (Å²) in [6, 6.07) is 4.52. The number of aliphatic imine (C=N–C) groups is 1. The molecule has 0 amide bonds. The lowest BCUT2D eigenvalue weighted by atomic mass is 10.4. The minimum Gasteiger partial charge on any atom is -0.354 e. The maximum atomic E-state index is 4.14. The third-order valence-electron chi connectivity index (χ3n) is 2.14. The smallest absolute Gasteiger partial charge is 0.191 e. The fourth-order valence-electron chi connectivity index (χ4n) is 1.32. The third-order valence-corrected chi connectivity index (χ3v) is 2.14. The van der Waals surface area contributed by atoms with Gasteiger partial charge in [-0.1, -0.05) is 0 Å². The van der Waals surface area contributed by atoms with E-state index in [9.17, 15) is 0 Å². The van der Waals surface area contributed by atoms with Crippen LogP contribution in [0.1, 0.15) is 19.5 Å². The number of aromatic nitrogens is 1. The van der Waals surface area contributed by atoms with Gasteiger partial charge in [-0.05, 0) is 26.0 Å². The lowest BCUT2D eigenvalue weighted by molar-refractivity contribution is 0.688. The van der Waals surface area contributed by atoms with Crippen LogP contribution in [0.3, 0.4) is 0 Å². The highest BCUT2D eigenvalue weighted by atomic mass is 15.2. The molecule has 0 saturated carbocycles. The average molecular weight is 208 g/mol. The number of nitrogens with one attached hydrogen (secondary N) is 2. The van der Waals surface area contributed by atoms with E-state index in [1.807, 2.05) is 19.3 Å². The first-order valence-corrected chi connectivity index (χ1v) is 5.21. The summed E-state index contributed by atoms with van der Waals surface area (Å²) in [6.45, 7) is 4.97. The maximum absolute atomic E-state index is 4.14. The van der Waals surface area contributed by atoms with Crippen molar-refractivity contribution in [2.24, 2.45) is 12.0 Å². The van der Waals surface area contributed by atoms with Crippen molar-refractivity contribution in [1.82, 2.24) is 15.2 Å². The average Bonchev–Trinajstić information content (AvgIpc) is 2.58. The van der Waals surface area contributed by atoms with Crippen LogP contribution in [0.15, 0.2) is 23.3 Å². The predicted octanol–water partition coefficient (Wildman–Crippen LogP) is 1.10. The van der Waals surface area contributed by atoms with Gasteiger partial charge >= 0.3 is 0 Å². The van der Waals surface area contributed by atoms with Gasteiger partial charge in [0.25, 0.3) is 0 Å². The molecular weight excluding hydrogens is 188 g/mol. The minimum absolute atomic E-state index is 0.393. The van der Waals surface area contributed by atoms with Crippen LogP contribution in [0, 0.1) is 0 Å². The summed E-state index contributed by atoms with van der Waals surface area (Å²) in [5, 5.41) is 6.50. The van der Waals surface area contributed by atoms with Crippen LogP contribution in [0.2, 0.25) is 0 Å². The van der Waals surface area contributed by atoms with Gasteiger partial charge < -0.3 is 15.2 Å². The van der Waals surface area contributed by atoms with Crippen molar-refractivity contribution >= 4 is 5.96 Å².